The van der Waals surface area contributed by atoms with Crippen LogP contribution < -0.4 is 10.1 Å². The zero-order chi connectivity index (χ0) is 16.8. The van der Waals surface area contributed by atoms with Crippen molar-refractivity contribution in [1.29, 1.82) is 0 Å². The Bertz CT molecular complexity index is 736. The molecule has 3 rings (SSSR count). The molecule has 2 aromatic carbocycles. The van der Waals surface area contributed by atoms with Gasteiger partial charge in [-0.05, 0) is 49.5 Å². The Balaban J connectivity index is 1.69. The van der Waals surface area contributed by atoms with Gasteiger partial charge in [0.25, 0.3) is 0 Å². The monoisotopic (exact) mass is 321 g/mol. The van der Waals surface area contributed by atoms with Gasteiger partial charge in [0, 0.05) is 11.6 Å². The fourth-order valence-corrected chi connectivity index (χ4v) is 3.19. The van der Waals surface area contributed by atoms with Crippen LogP contribution in [0.1, 0.15) is 42.5 Å². The van der Waals surface area contributed by atoms with Gasteiger partial charge in [-0.2, -0.15) is 0 Å². The Labute approximate surface area is 143 Å². The van der Waals surface area contributed by atoms with Crippen LogP contribution in [0, 0.1) is 0 Å². The maximum Gasteiger partial charge on any atom is 0.244 e. The van der Waals surface area contributed by atoms with Crippen LogP contribution in [0.2, 0.25) is 0 Å². The Morgan fingerprint density at radius 2 is 2.00 bits per heavy atom. The third kappa shape index (κ3) is 3.85. The topological polar surface area (TPSA) is 38.3 Å². The predicted molar refractivity (Wildman–Crippen MR) is 96.9 cm³/mol. The summed E-state index contributed by atoms with van der Waals surface area (Å²) in [6.07, 6.45) is 6.61. The van der Waals surface area contributed by atoms with E-state index in [1.165, 1.54) is 11.1 Å². The second kappa shape index (κ2) is 7.82. The predicted octanol–water partition coefficient (Wildman–Crippen LogP) is 4.29. The maximum absolute atomic E-state index is 12.3. The molecule has 0 spiro atoms. The Hall–Kier alpha value is -2.55. The van der Waals surface area contributed by atoms with E-state index in [0.29, 0.717) is 6.61 Å². The van der Waals surface area contributed by atoms with E-state index in [9.17, 15) is 4.79 Å². The number of nitrogens with one attached hydrogen (secondary N) is 1. The van der Waals surface area contributed by atoms with Crippen LogP contribution in [0.3, 0.4) is 0 Å². The molecule has 0 aromatic heterocycles. The second-order valence-electron chi connectivity index (χ2n) is 5.96. The third-order valence-electron chi connectivity index (χ3n) is 4.32. The van der Waals surface area contributed by atoms with E-state index in [-0.39, 0.29) is 11.9 Å². The van der Waals surface area contributed by atoms with Crippen molar-refractivity contribution in [2.45, 2.75) is 32.2 Å². The minimum Gasteiger partial charge on any atom is -0.493 e. The molecule has 1 aliphatic rings. The molecular formula is C21H23NO2. The normalized spacial score (nSPS) is 16.6. The van der Waals surface area contributed by atoms with E-state index in [1.54, 1.807) is 6.08 Å². The van der Waals surface area contributed by atoms with Crippen LogP contribution in [0.5, 0.6) is 5.75 Å². The quantitative estimate of drug-likeness (QED) is 0.834. The summed E-state index contributed by atoms with van der Waals surface area (Å²) in [7, 11) is 0. The SMILES string of the molecule is CCOc1ccccc1/C=C/C(=O)N[C@H]1CCCc2ccccc21. The molecule has 0 fully saturated rings. The molecule has 1 atom stereocenters. The minimum absolute atomic E-state index is 0.0667. The third-order valence-corrected chi connectivity index (χ3v) is 4.32. The number of hydrogen-bond acceptors (Lipinski definition) is 2. The van der Waals surface area contributed by atoms with Gasteiger partial charge in [0.2, 0.25) is 5.91 Å². The number of hydrogen-bond donors (Lipinski definition) is 1. The molecule has 0 saturated carbocycles. The van der Waals surface area contributed by atoms with Crippen LogP contribution in [-0.2, 0) is 11.2 Å². The summed E-state index contributed by atoms with van der Waals surface area (Å²) < 4.78 is 5.58. The molecule has 3 heteroatoms. The lowest BCUT2D eigenvalue weighted by Crippen LogP contribution is -2.29. The van der Waals surface area contributed by atoms with E-state index in [4.69, 9.17) is 4.74 Å². The van der Waals surface area contributed by atoms with Gasteiger partial charge in [-0.3, -0.25) is 4.79 Å². The Morgan fingerprint density at radius 1 is 1.21 bits per heavy atom. The first-order valence-corrected chi connectivity index (χ1v) is 8.56. The molecule has 1 aliphatic carbocycles. The van der Waals surface area contributed by atoms with Gasteiger partial charge in [-0.15, -0.1) is 0 Å². The number of ether oxygens (including phenoxy) is 1. The highest BCUT2D eigenvalue weighted by Gasteiger charge is 2.20. The molecule has 0 radical (unpaired) electrons. The Morgan fingerprint density at radius 3 is 2.88 bits per heavy atom. The molecule has 0 aliphatic heterocycles. The lowest BCUT2D eigenvalue weighted by molar-refractivity contribution is -0.117. The average molecular weight is 321 g/mol. The summed E-state index contributed by atoms with van der Waals surface area (Å²) in [5, 5.41) is 3.13. The number of benzene rings is 2. The molecule has 2 aromatic rings. The van der Waals surface area contributed by atoms with E-state index in [1.807, 2.05) is 43.3 Å². The highest BCUT2D eigenvalue weighted by Crippen LogP contribution is 2.29. The zero-order valence-electron chi connectivity index (χ0n) is 14.0. The molecule has 0 saturated heterocycles. The fraction of sp³-hybridized carbons (Fsp3) is 0.286. The number of amides is 1. The highest BCUT2D eigenvalue weighted by molar-refractivity contribution is 5.92. The molecule has 0 heterocycles. The highest BCUT2D eigenvalue weighted by atomic mass is 16.5. The van der Waals surface area contributed by atoms with Gasteiger partial charge in [-0.25, -0.2) is 0 Å². The number of carbonyl (C=O) groups is 1. The van der Waals surface area contributed by atoms with Crippen molar-refractivity contribution in [3.63, 3.8) is 0 Å². The molecule has 0 unspecified atom stereocenters. The van der Waals surface area contributed by atoms with Crippen LogP contribution in [0.4, 0.5) is 0 Å². The summed E-state index contributed by atoms with van der Waals surface area (Å²) in [5.41, 5.74) is 3.51. The van der Waals surface area contributed by atoms with E-state index >= 15 is 0 Å². The van der Waals surface area contributed by atoms with E-state index in [0.717, 1.165) is 30.6 Å². The minimum atomic E-state index is -0.0667. The van der Waals surface area contributed by atoms with Gasteiger partial charge < -0.3 is 10.1 Å². The first-order valence-electron chi connectivity index (χ1n) is 8.56. The molecule has 24 heavy (non-hydrogen) atoms. The second-order valence-corrected chi connectivity index (χ2v) is 5.96. The van der Waals surface area contributed by atoms with Gasteiger partial charge >= 0.3 is 0 Å². The first kappa shape index (κ1) is 16.3. The largest absolute Gasteiger partial charge is 0.493 e. The number of carbonyl (C=O) groups excluding carboxylic acids is 1. The van der Waals surface area contributed by atoms with E-state index < -0.39 is 0 Å². The number of para-hydroxylation sites is 1. The van der Waals surface area contributed by atoms with Crippen molar-refractivity contribution in [3.05, 3.63) is 71.3 Å². The lowest BCUT2D eigenvalue weighted by atomic mass is 9.88. The summed E-state index contributed by atoms with van der Waals surface area (Å²) in [5.74, 6) is 0.732. The van der Waals surface area contributed by atoms with Gasteiger partial charge in [0.1, 0.15) is 5.75 Å². The Kier molecular flexibility index (Phi) is 5.32. The zero-order valence-corrected chi connectivity index (χ0v) is 14.0. The summed E-state index contributed by atoms with van der Waals surface area (Å²) in [6.45, 7) is 2.56. The summed E-state index contributed by atoms with van der Waals surface area (Å²) >= 11 is 0. The smallest absolute Gasteiger partial charge is 0.244 e. The molecule has 1 N–H and O–H groups in total. The molecule has 0 bridgehead atoms. The van der Waals surface area contributed by atoms with Crippen molar-refractivity contribution in [2.75, 3.05) is 6.61 Å². The summed E-state index contributed by atoms with van der Waals surface area (Å²) in [6, 6.07) is 16.2. The van der Waals surface area contributed by atoms with Gasteiger partial charge in [0.05, 0.1) is 12.6 Å². The van der Waals surface area contributed by atoms with E-state index in [2.05, 4.69) is 23.5 Å². The molecular weight excluding hydrogens is 298 g/mol. The van der Waals surface area contributed by atoms with Crippen molar-refractivity contribution in [3.8, 4) is 5.75 Å². The first-order chi connectivity index (χ1) is 11.8. The van der Waals surface area contributed by atoms with Crippen LogP contribution in [-0.4, -0.2) is 12.5 Å². The van der Waals surface area contributed by atoms with Crippen molar-refractivity contribution < 1.29 is 9.53 Å². The molecule has 3 nitrogen and oxygen atoms in total. The van der Waals surface area contributed by atoms with Crippen LogP contribution in [0.15, 0.2) is 54.6 Å². The van der Waals surface area contributed by atoms with Gasteiger partial charge in [-0.1, -0.05) is 42.5 Å². The maximum atomic E-state index is 12.3. The fourth-order valence-electron chi connectivity index (χ4n) is 3.19. The standard InChI is InChI=1S/C21H23NO2/c1-2-24-20-13-6-4-9-17(20)14-15-21(23)22-19-12-7-10-16-8-3-5-11-18(16)19/h3-6,8-9,11,13-15,19H,2,7,10,12H2,1H3,(H,22,23)/b15-14+/t19-/m0/s1. The number of aryl methyl sites for hydroxylation is 1. The lowest BCUT2D eigenvalue weighted by Gasteiger charge is -2.25. The average Bonchev–Trinajstić information content (AvgIpc) is 2.62. The number of fused-ring (bicyclic) bond motifs is 1. The number of rotatable bonds is 5. The van der Waals surface area contributed by atoms with Crippen LogP contribution in [0.25, 0.3) is 6.08 Å². The molecule has 1 amide bonds. The van der Waals surface area contributed by atoms with Crippen LogP contribution >= 0.6 is 0 Å². The molecule has 124 valence electrons. The van der Waals surface area contributed by atoms with Gasteiger partial charge in [0.15, 0.2) is 0 Å². The van der Waals surface area contributed by atoms with Crippen molar-refractivity contribution in [1.82, 2.24) is 5.32 Å². The van der Waals surface area contributed by atoms with Crippen molar-refractivity contribution in [2.24, 2.45) is 0 Å². The summed E-state index contributed by atoms with van der Waals surface area (Å²) in [4.78, 5) is 12.3. The van der Waals surface area contributed by atoms with Crippen molar-refractivity contribution >= 4 is 12.0 Å².